The van der Waals surface area contributed by atoms with Crippen molar-refractivity contribution in [1.82, 2.24) is 10.4 Å². The predicted molar refractivity (Wildman–Crippen MR) is 28.1 cm³/mol. The summed E-state index contributed by atoms with van der Waals surface area (Å²) < 4.78 is 0. The summed E-state index contributed by atoms with van der Waals surface area (Å²) in [5.41, 5.74) is 2.73. The quantitative estimate of drug-likeness (QED) is 0.465. The van der Waals surface area contributed by atoms with Crippen LogP contribution in [0, 0.1) is 6.54 Å². The van der Waals surface area contributed by atoms with Gasteiger partial charge in [0.25, 0.3) is 0 Å². The van der Waals surface area contributed by atoms with Crippen molar-refractivity contribution in [3.63, 3.8) is 0 Å². The molecule has 0 spiro atoms. The van der Waals surface area contributed by atoms with Crippen LogP contribution >= 0.6 is 11.6 Å². The summed E-state index contributed by atoms with van der Waals surface area (Å²) in [6.45, 7) is 2.70. The Morgan fingerprint density at radius 3 is 2.86 bits per heavy atom. The van der Waals surface area contributed by atoms with Gasteiger partial charge in [-0.25, -0.2) is 5.43 Å². The van der Waals surface area contributed by atoms with Crippen LogP contribution in [-0.4, -0.2) is 12.1 Å². The molecule has 1 heterocycles. The van der Waals surface area contributed by atoms with Crippen molar-refractivity contribution in [2.75, 3.05) is 7.05 Å². The maximum Gasteiger partial charge on any atom is 0.116 e. The van der Waals surface area contributed by atoms with Crippen LogP contribution in [0.1, 0.15) is 0 Å². The molecule has 1 aliphatic heterocycles. The fourth-order valence-electron chi connectivity index (χ4n) is 0.339. The van der Waals surface area contributed by atoms with Gasteiger partial charge in [0.05, 0.1) is 0 Å². The molecule has 1 rings (SSSR count). The van der Waals surface area contributed by atoms with Crippen LogP contribution in [0.2, 0.25) is 0 Å². The minimum Gasteiger partial charge on any atom is -0.300 e. The summed E-state index contributed by atoms with van der Waals surface area (Å²) >= 11 is 5.52. The van der Waals surface area contributed by atoms with Crippen molar-refractivity contribution in [3.8, 4) is 0 Å². The minimum atomic E-state index is 0.667. The van der Waals surface area contributed by atoms with E-state index in [1.165, 1.54) is 0 Å². The number of hydrogen-bond acceptors (Lipinski definition) is 2. The summed E-state index contributed by atoms with van der Waals surface area (Å²) in [5, 5.41) is 2.33. The van der Waals surface area contributed by atoms with Crippen molar-refractivity contribution >= 4 is 11.6 Å². The molecule has 2 nitrogen and oxygen atoms in total. The first-order chi connectivity index (χ1) is 3.30. The lowest BCUT2D eigenvalue weighted by Crippen LogP contribution is -2.23. The highest BCUT2D eigenvalue weighted by atomic mass is 35.5. The Morgan fingerprint density at radius 1 is 2.00 bits per heavy atom. The monoisotopic (exact) mass is 116 g/mol. The van der Waals surface area contributed by atoms with Crippen LogP contribution in [0.5, 0.6) is 0 Å². The van der Waals surface area contributed by atoms with Crippen LogP contribution < -0.4 is 5.43 Å². The van der Waals surface area contributed by atoms with Crippen molar-refractivity contribution in [2.24, 2.45) is 0 Å². The van der Waals surface area contributed by atoms with Crippen LogP contribution in [0.3, 0.4) is 0 Å². The van der Waals surface area contributed by atoms with Gasteiger partial charge in [-0.2, -0.15) is 0 Å². The van der Waals surface area contributed by atoms with Gasteiger partial charge in [0.1, 0.15) is 11.7 Å². The number of rotatable bonds is 0. The van der Waals surface area contributed by atoms with Gasteiger partial charge in [0, 0.05) is 7.05 Å². The Bertz CT molecular complexity index is 99.9. The second-order valence-electron chi connectivity index (χ2n) is 1.28. The molecule has 7 heavy (non-hydrogen) atoms. The first-order valence-electron chi connectivity index (χ1n) is 1.91. The molecule has 0 saturated heterocycles. The molecule has 1 N–H and O–H groups in total. The summed E-state index contributed by atoms with van der Waals surface area (Å²) in [5.74, 6) is 0. The Balaban J connectivity index is 2.54. The molecular formula is C4H5ClN2. The maximum absolute atomic E-state index is 5.52. The van der Waals surface area contributed by atoms with Crippen molar-refractivity contribution in [1.29, 1.82) is 0 Å². The summed E-state index contributed by atoms with van der Waals surface area (Å²) in [4.78, 5) is 0. The number of hydrazine groups is 1. The topological polar surface area (TPSA) is 15.3 Å². The van der Waals surface area contributed by atoms with E-state index in [9.17, 15) is 0 Å². The molecule has 1 aliphatic rings. The zero-order valence-electron chi connectivity index (χ0n) is 3.90. The lowest BCUT2D eigenvalue weighted by molar-refractivity contribution is 0.384. The van der Waals surface area contributed by atoms with Crippen molar-refractivity contribution < 1.29 is 0 Å². The van der Waals surface area contributed by atoms with Gasteiger partial charge < -0.3 is 5.01 Å². The van der Waals surface area contributed by atoms with Crippen LogP contribution in [0.25, 0.3) is 0 Å². The Morgan fingerprint density at radius 2 is 2.71 bits per heavy atom. The van der Waals surface area contributed by atoms with Gasteiger partial charge in [-0.1, -0.05) is 11.6 Å². The second-order valence-corrected chi connectivity index (χ2v) is 1.67. The zero-order valence-corrected chi connectivity index (χ0v) is 4.66. The third kappa shape index (κ3) is 0.868. The molecule has 0 saturated carbocycles. The molecule has 0 bridgehead atoms. The molecular weight excluding hydrogens is 112 g/mol. The van der Waals surface area contributed by atoms with E-state index in [0.29, 0.717) is 5.16 Å². The molecule has 3 heteroatoms. The lowest BCUT2D eigenvalue weighted by atomic mass is 10.6. The molecule has 0 aromatic rings. The Labute approximate surface area is 47.7 Å². The minimum absolute atomic E-state index is 0.667. The maximum atomic E-state index is 5.52. The first-order valence-corrected chi connectivity index (χ1v) is 2.29. The SMILES string of the molecule is CN1N[C]C=C1Cl. The van der Waals surface area contributed by atoms with E-state index in [-0.39, 0.29) is 0 Å². The van der Waals surface area contributed by atoms with E-state index in [4.69, 9.17) is 11.6 Å². The molecule has 2 radical (unpaired) electrons. The van der Waals surface area contributed by atoms with Gasteiger partial charge in [0.2, 0.25) is 0 Å². The van der Waals surface area contributed by atoms with E-state index in [1.807, 2.05) is 7.05 Å². The van der Waals surface area contributed by atoms with E-state index in [2.05, 4.69) is 12.0 Å². The standard InChI is InChI=1S/C4H5ClN2/c1-7-4(5)2-3-6-7/h2,6H,1H3. The van der Waals surface area contributed by atoms with Gasteiger partial charge >= 0.3 is 0 Å². The highest BCUT2D eigenvalue weighted by molar-refractivity contribution is 6.29. The highest BCUT2D eigenvalue weighted by Crippen LogP contribution is 2.09. The predicted octanol–water partition coefficient (Wildman–Crippen LogP) is 0.555. The van der Waals surface area contributed by atoms with Crippen LogP contribution in [0.15, 0.2) is 11.2 Å². The molecule has 0 aromatic heterocycles. The van der Waals surface area contributed by atoms with E-state index >= 15 is 0 Å². The van der Waals surface area contributed by atoms with Gasteiger partial charge in [0.15, 0.2) is 0 Å². The van der Waals surface area contributed by atoms with E-state index in [1.54, 1.807) is 11.1 Å². The molecule has 0 unspecified atom stereocenters. The van der Waals surface area contributed by atoms with Gasteiger partial charge in [-0.3, -0.25) is 0 Å². The fraction of sp³-hybridized carbons (Fsp3) is 0.250. The zero-order chi connectivity index (χ0) is 5.28. The number of nitrogens with zero attached hydrogens (tertiary/aromatic N) is 1. The first kappa shape index (κ1) is 4.94. The third-order valence-electron chi connectivity index (χ3n) is 0.744. The number of hydrogen-bond donors (Lipinski definition) is 1. The normalized spacial score (nSPS) is 20.3. The average molecular weight is 117 g/mol. The van der Waals surface area contributed by atoms with Gasteiger partial charge in [-0.15, -0.1) is 0 Å². The molecule has 0 aromatic carbocycles. The number of halogens is 1. The van der Waals surface area contributed by atoms with E-state index in [0.717, 1.165) is 0 Å². The fourth-order valence-corrected chi connectivity index (χ4v) is 0.436. The average Bonchev–Trinajstić information content (AvgIpc) is 1.91. The molecule has 0 aliphatic carbocycles. The van der Waals surface area contributed by atoms with Crippen LogP contribution in [0.4, 0.5) is 0 Å². The van der Waals surface area contributed by atoms with Gasteiger partial charge in [-0.05, 0) is 6.08 Å². The third-order valence-corrected chi connectivity index (χ3v) is 1.11. The summed E-state index contributed by atoms with van der Waals surface area (Å²) in [6, 6.07) is 0. The molecule has 0 amide bonds. The Hall–Kier alpha value is -0.210. The van der Waals surface area contributed by atoms with E-state index < -0.39 is 0 Å². The summed E-state index contributed by atoms with van der Waals surface area (Å²) in [7, 11) is 1.82. The highest BCUT2D eigenvalue weighted by Gasteiger charge is 2.05. The lowest BCUT2D eigenvalue weighted by Gasteiger charge is -2.08. The van der Waals surface area contributed by atoms with Crippen LogP contribution in [-0.2, 0) is 0 Å². The largest absolute Gasteiger partial charge is 0.300 e. The molecule has 0 fully saturated rings. The molecule has 38 valence electrons. The smallest absolute Gasteiger partial charge is 0.116 e. The second kappa shape index (κ2) is 1.72. The van der Waals surface area contributed by atoms with Crippen molar-refractivity contribution in [3.05, 3.63) is 17.8 Å². The summed E-state index contributed by atoms with van der Waals surface area (Å²) in [6.07, 6.45) is 1.67. The number of nitrogens with one attached hydrogen (secondary N) is 1. The molecule has 0 atom stereocenters. The Kier molecular flexibility index (Phi) is 1.21. The van der Waals surface area contributed by atoms with Crippen molar-refractivity contribution in [2.45, 2.75) is 0 Å².